The van der Waals surface area contributed by atoms with E-state index in [1.54, 1.807) is 0 Å². The fourth-order valence-electron chi connectivity index (χ4n) is 3.26. The molecule has 0 aliphatic heterocycles. The van der Waals surface area contributed by atoms with Crippen molar-refractivity contribution in [3.63, 3.8) is 0 Å². The molecule has 3 rings (SSSR count). The summed E-state index contributed by atoms with van der Waals surface area (Å²) in [6.07, 6.45) is 0.151. The van der Waals surface area contributed by atoms with E-state index >= 15 is 0 Å². The molecule has 0 saturated heterocycles. The van der Waals surface area contributed by atoms with E-state index in [1.165, 1.54) is 0 Å². The smallest absolute Gasteiger partial charge is 0.395 e. The highest BCUT2D eigenvalue weighted by atomic mass is 16.6. The number of benzene rings is 2. The van der Waals surface area contributed by atoms with Crippen LogP contribution in [0.4, 0.5) is 5.88 Å². The first-order chi connectivity index (χ1) is 16.4. The minimum atomic E-state index is -1.02. The number of furan rings is 1. The number of nitrogens with zero attached hydrogens (tertiary/aromatic N) is 1. The molecule has 34 heavy (non-hydrogen) atoms. The molecule has 0 spiro atoms. The average molecular weight is 468 g/mol. The number of fused-ring (bicyclic) bond motifs is 1. The maximum absolute atomic E-state index is 12.9. The summed E-state index contributed by atoms with van der Waals surface area (Å²) in [5.41, 5.74) is 10.6. The second kappa shape index (κ2) is 11.5. The monoisotopic (exact) mass is 468 g/mol. The number of carbonyl (C=O) groups is 3. The zero-order chi connectivity index (χ0) is 24.5. The SMILES string of the molecule is NCCNCC(=O)NC(Cc1cccc2ccccc12)C(=O)NNC(=O)c1ccc([N+](=O)[O-])o1. The van der Waals surface area contributed by atoms with Crippen molar-refractivity contribution < 1.29 is 23.7 Å². The molecular formula is C22H24N6O6. The summed E-state index contributed by atoms with van der Waals surface area (Å²) in [7, 11) is 0. The van der Waals surface area contributed by atoms with Crippen molar-refractivity contribution >= 4 is 34.4 Å². The number of nitrogens with two attached hydrogens (primary N) is 1. The fraction of sp³-hybridized carbons (Fsp3) is 0.227. The van der Waals surface area contributed by atoms with Crippen molar-refractivity contribution in [3.05, 3.63) is 76.0 Å². The van der Waals surface area contributed by atoms with Crippen molar-refractivity contribution in [2.45, 2.75) is 12.5 Å². The van der Waals surface area contributed by atoms with Gasteiger partial charge in [-0.25, -0.2) is 0 Å². The number of amides is 3. The van der Waals surface area contributed by atoms with Gasteiger partial charge < -0.3 is 20.8 Å². The Kier molecular flexibility index (Phi) is 8.26. The van der Waals surface area contributed by atoms with Gasteiger partial charge in [0.1, 0.15) is 11.0 Å². The first-order valence-electron chi connectivity index (χ1n) is 10.4. The van der Waals surface area contributed by atoms with Gasteiger partial charge in [-0.2, -0.15) is 0 Å². The highest BCUT2D eigenvalue weighted by molar-refractivity contribution is 5.95. The van der Waals surface area contributed by atoms with E-state index in [9.17, 15) is 24.5 Å². The van der Waals surface area contributed by atoms with E-state index in [4.69, 9.17) is 10.2 Å². The molecule has 12 heteroatoms. The Morgan fingerprint density at radius 3 is 2.53 bits per heavy atom. The van der Waals surface area contributed by atoms with Crippen molar-refractivity contribution in [2.75, 3.05) is 19.6 Å². The summed E-state index contributed by atoms with van der Waals surface area (Å²) < 4.78 is 4.81. The maximum Gasteiger partial charge on any atom is 0.433 e. The Bertz CT molecular complexity index is 1190. The lowest BCUT2D eigenvalue weighted by Gasteiger charge is -2.20. The van der Waals surface area contributed by atoms with Crippen LogP contribution in [0, 0.1) is 10.1 Å². The van der Waals surface area contributed by atoms with Gasteiger partial charge >= 0.3 is 11.8 Å². The zero-order valence-corrected chi connectivity index (χ0v) is 18.1. The van der Waals surface area contributed by atoms with Crippen LogP contribution >= 0.6 is 0 Å². The molecule has 2 aromatic carbocycles. The third kappa shape index (κ3) is 6.37. The molecule has 178 valence electrons. The summed E-state index contributed by atoms with van der Waals surface area (Å²) in [6.45, 7) is 0.738. The summed E-state index contributed by atoms with van der Waals surface area (Å²) in [4.78, 5) is 47.3. The van der Waals surface area contributed by atoms with Gasteiger partial charge in [0.05, 0.1) is 12.6 Å². The van der Waals surface area contributed by atoms with E-state index in [1.807, 2.05) is 42.5 Å². The average Bonchev–Trinajstić information content (AvgIpc) is 3.33. The Morgan fingerprint density at radius 2 is 1.79 bits per heavy atom. The Balaban J connectivity index is 1.72. The fourth-order valence-corrected chi connectivity index (χ4v) is 3.26. The van der Waals surface area contributed by atoms with Gasteiger partial charge in [-0.05, 0) is 22.4 Å². The van der Waals surface area contributed by atoms with Crippen molar-refractivity contribution in [1.29, 1.82) is 0 Å². The number of nitrogens with one attached hydrogen (secondary N) is 4. The van der Waals surface area contributed by atoms with Gasteiger partial charge in [-0.1, -0.05) is 42.5 Å². The minimum absolute atomic E-state index is 0.0427. The van der Waals surface area contributed by atoms with Gasteiger partial charge in [0.25, 0.3) is 5.91 Å². The zero-order valence-electron chi connectivity index (χ0n) is 18.1. The number of carbonyl (C=O) groups excluding carboxylic acids is 3. The lowest BCUT2D eigenvalue weighted by molar-refractivity contribution is -0.402. The summed E-state index contributed by atoms with van der Waals surface area (Å²) in [5, 5.41) is 18.1. The molecule has 0 aliphatic rings. The van der Waals surface area contributed by atoms with Crippen LogP contribution in [-0.4, -0.2) is 48.3 Å². The molecule has 0 saturated carbocycles. The molecule has 0 radical (unpaired) electrons. The molecule has 0 aliphatic carbocycles. The summed E-state index contributed by atoms with van der Waals surface area (Å²) in [6, 6.07) is 14.4. The van der Waals surface area contributed by atoms with Crippen LogP contribution in [0.5, 0.6) is 0 Å². The predicted octanol–water partition coefficient (Wildman–Crippen LogP) is 0.378. The van der Waals surface area contributed by atoms with E-state index in [2.05, 4.69) is 21.5 Å². The van der Waals surface area contributed by atoms with Gasteiger partial charge in [-0.3, -0.25) is 35.3 Å². The number of hydrazine groups is 1. The molecule has 6 N–H and O–H groups in total. The van der Waals surface area contributed by atoms with Crippen LogP contribution < -0.4 is 27.2 Å². The van der Waals surface area contributed by atoms with Crippen LogP contribution in [0.3, 0.4) is 0 Å². The maximum atomic E-state index is 12.9. The van der Waals surface area contributed by atoms with Crippen LogP contribution in [0.15, 0.2) is 59.0 Å². The summed E-state index contributed by atoms with van der Waals surface area (Å²) >= 11 is 0. The lowest BCUT2D eigenvalue weighted by Crippen LogP contribution is -2.54. The van der Waals surface area contributed by atoms with Crippen molar-refractivity contribution in [2.24, 2.45) is 5.73 Å². The molecule has 1 aromatic heterocycles. The highest BCUT2D eigenvalue weighted by Gasteiger charge is 2.24. The second-order valence-corrected chi connectivity index (χ2v) is 7.27. The van der Waals surface area contributed by atoms with Gasteiger partial charge in [-0.15, -0.1) is 0 Å². The first kappa shape index (κ1) is 24.4. The first-order valence-corrected chi connectivity index (χ1v) is 10.4. The number of hydrogen-bond donors (Lipinski definition) is 5. The molecular weight excluding hydrogens is 444 g/mol. The van der Waals surface area contributed by atoms with E-state index in [-0.39, 0.29) is 18.7 Å². The molecule has 3 amide bonds. The van der Waals surface area contributed by atoms with Crippen LogP contribution in [0.2, 0.25) is 0 Å². The molecule has 1 unspecified atom stereocenters. The van der Waals surface area contributed by atoms with E-state index in [0.29, 0.717) is 13.1 Å². The lowest BCUT2D eigenvalue weighted by atomic mass is 9.98. The highest BCUT2D eigenvalue weighted by Crippen LogP contribution is 2.20. The van der Waals surface area contributed by atoms with Crippen LogP contribution in [0.25, 0.3) is 10.8 Å². The standard InChI is InChI=1S/C22H24N6O6/c23-10-11-24-13-19(29)25-17(12-15-6-3-5-14-4-1-2-7-16(14)15)21(30)26-27-22(31)18-8-9-20(34-18)28(32)33/h1-9,17,24H,10-13,23H2,(H,25,29)(H,26,30)(H,27,31). The molecule has 1 heterocycles. The van der Waals surface area contributed by atoms with Gasteiger partial charge in [0.15, 0.2) is 0 Å². The number of nitro groups is 1. The Morgan fingerprint density at radius 1 is 1.03 bits per heavy atom. The van der Waals surface area contributed by atoms with Crippen LogP contribution in [0.1, 0.15) is 16.1 Å². The third-order valence-electron chi connectivity index (χ3n) is 4.86. The van der Waals surface area contributed by atoms with Crippen LogP contribution in [-0.2, 0) is 16.0 Å². The molecule has 0 fully saturated rings. The Hall–Kier alpha value is -4.29. The van der Waals surface area contributed by atoms with Gasteiger partial charge in [0, 0.05) is 19.5 Å². The third-order valence-corrected chi connectivity index (χ3v) is 4.86. The normalized spacial score (nSPS) is 11.6. The summed E-state index contributed by atoms with van der Waals surface area (Å²) in [5.74, 6) is -2.96. The van der Waals surface area contributed by atoms with E-state index in [0.717, 1.165) is 28.5 Å². The Labute approximate surface area is 194 Å². The second-order valence-electron chi connectivity index (χ2n) is 7.27. The van der Waals surface area contributed by atoms with Gasteiger partial charge in [0.2, 0.25) is 11.7 Å². The van der Waals surface area contributed by atoms with Crippen molar-refractivity contribution in [3.8, 4) is 0 Å². The predicted molar refractivity (Wildman–Crippen MR) is 122 cm³/mol. The quantitative estimate of drug-likeness (QED) is 0.161. The largest absolute Gasteiger partial charge is 0.433 e. The minimum Gasteiger partial charge on any atom is -0.395 e. The number of hydrogen-bond acceptors (Lipinski definition) is 8. The van der Waals surface area contributed by atoms with E-state index < -0.39 is 34.6 Å². The number of rotatable bonds is 10. The topological polar surface area (TPSA) is 182 Å². The van der Waals surface area contributed by atoms with Crippen molar-refractivity contribution in [1.82, 2.24) is 21.5 Å². The molecule has 3 aromatic rings. The molecule has 0 bridgehead atoms. The molecule has 12 nitrogen and oxygen atoms in total. The molecule has 1 atom stereocenters.